The second kappa shape index (κ2) is 6.72. The van der Waals surface area contributed by atoms with Gasteiger partial charge >= 0.3 is 11.9 Å². The van der Waals surface area contributed by atoms with Gasteiger partial charge in [0.05, 0.1) is 11.2 Å². The van der Waals surface area contributed by atoms with Gasteiger partial charge in [0, 0.05) is 18.8 Å². The van der Waals surface area contributed by atoms with E-state index in [9.17, 15) is 22.6 Å². The number of ether oxygens (including phenoxy) is 2. The Morgan fingerprint density at radius 2 is 1.59 bits per heavy atom. The van der Waals surface area contributed by atoms with Gasteiger partial charge in [-0.25, -0.2) is 0 Å². The maximum absolute atomic E-state index is 12.7. The number of carbonyl (C=O) groups is 2. The van der Waals surface area contributed by atoms with Gasteiger partial charge in [0.2, 0.25) is 0 Å². The second-order valence-corrected chi connectivity index (χ2v) is 10.8. The molecule has 5 aliphatic rings. The molecule has 5 fully saturated rings. The summed E-state index contributed by atoms with van der Waals surface area (Å²) < 4.78 is 43.3. The monoisotopic (exact) mass is 400 g/mol. The molecule has 0 aromatic carbocycles. The van der Waals surface area contributed by atoms with Crippen molar-refractivity contribution >= 4 is 22.1 Å². The molecule has 0 aromatic heterocycles. The van der Waals surface area contributed by atoms with Crippen molar-refractivity contribution in [2.45, 2.75) is 81.7 Å². The largest absolute Gasteiger partial charge is 0.462 e. The number of hydrogen-bond donors (Lipinski definition) is 1. The molecule has 27 heavy (non-hydrogen) atoms. The van der Waals surface area contributed by atoms with Gasteiger partial charge < -0.3 is 9.47 Å². The second-order valence-electron chi connectivity index (χ2n) is 9.14. The fourth-order valence-corrected chi connectivity index (χ4v) is 7.22. The third kappa shape index (κ3) is 3.75. The van der Waals surface area contributed by atoms with Gasteiger partial charge in [0.15, 0.2) is 0 Å². The van der Waals surface area contributed by atoms with Gasteiger partial charge in [0.25, 0.3) is 10.1 Å². The van der Waals surface area contributed by atoms with Crippen LogP contribution in [0.4, 0.5) is 0 Å². The zero-order chi connectivity index (χ0) is 19.4. The minimum absolute atomic E-state index is 0.114. The molecule has 0 saturated heterocycles. The molecule has 0 aromatic rings. The average Bonchev–Trinajstić information content (AvgIpc) is 2.55. The Balaban J connectivity index is 1.37. The topological polar surface area (TPSA) is 107 Å². The third-order valence-electron chi connectivity index (χ3n) is 7.17. The predicted octanol–water partition coefficient (Wildman–Crippen LogP) is 2.49. The Labute approximate surface area is 159 Å². The number of carbonyl (C=O) groups excluding carboxylic acids is 2. The highest BCUT2D eigenvalue weighted by Crippen LogP contribution is 2.58. The highest BCUT2D eigenvalue weighted by molar-refractivity contribution is 7.86. The summed E-state index contributed by atoms with van der Waals surface area (Å²) in [6.07, 6.45) is 5.87. The van der Waals surface area contributed by atoms with Gasteiger partial charge in [-0.05, 0) is 63.7 Å². The van der Waals surface area contributed by atoms with Gasteiger partial charge in [-0.1, -0.05) is 0 Å². The highest BCUT2D eigenvalue weighted by atomic mass is 32.2. The normalized spacial score (nSPS) is 43.3. The average molecular weight is 400 g/mol. The molecule has 152 valence electrons. The number of esters is 2. The minimum Gasteiger partial charge on any atom is -0.462 e. The summed E-state index contributed by atoms with van der Waals surface area (Å²) in [4.78, 5) is 24.2. The zero-order valence-corrected chi connectivity index (χ0v) is 16.4. The maximum atomic E-state index is 12.7. The van der Waals surface area contributed by atoms with E-state index in [0.29, 0.717) is 31.6 Å². The Morgan fingerprint density at radius 3 is 2.11 bits per heavy atom. The molecule has 2 atom stereocenters. The quantitative estimate of drug-likeness (QED) is 0.570. The smallest absolute Gasteiger partial charge is 0.309 e. The first-order chi connectivity index (χ1) is 12.7. The van der Waals surface area contributed by atoms with Crippen LogP contribution in [0.2, 0.25) is 0 Å². The van der Waals surface area contributed by atoms with Gasteiger partial charge in [-0.3, -0.25) is 14.1 Å². The summed E-state index contributed by atoms with van der Waals surface area (Å²) in [5.41, 5.74) is -0.362. The standard InChI is InChI=1S/C19H28O7S/c1-11(20)26-19-8-12-6-14(9-19)17(15(7-12)10-19)25-18(21)13-2-4-16(5-3-13)27(22,23)24/h12-17H,2-10H2,1H3,(H,22,23,24). The van der Waals surface area contributed by atoms with E-state index in [1.165, 1.54) is 6.92 Å². The van der Waals surface area contributed by atoms with Crippen LogP contribution in [-0.2, 0) is 29.2 Å². The lowest BCUT2D eigenvalue weighted by molar-refractivity contribution is -0.216. The summed E-state index contributed by atoms with van der Waals surface area (Å²) >= 11 is 0. The molecule has 5 rings (SSSR count). The minimum atomic E-state index is -4.03. The molecular weight excluding hydrogens is 372 g/mol. The molecule has 0 aliphatic heterocycles. The van der Waals surface area contributed by atoms with Crippen LogP contribution in [0.5, 0.6) is 0 Å². The van der Waals surface area contributed by atoms with E-state index in [4.69, 9.17) is 9.47 Å². The zero-order valence-electron chi connectivity index (χ0n) is 15.6. The predicted molar refractivity (Wildman–Crippen MR) is 95.2 cm³/mol. The Kier molecular flexibility index (Phi) is 4.78. The van der Waals surface area contributed by atoms with E-state index in [1.807, 2.05) is 0 Å². The molecule has 8 heteroatoms. The van der Waals surface area contributed by atoms with Crippen LogP contribution >= 0.6 is 0 Å². The van der Waals surface area contributed by atoms with Crippen LogP contribution in [0.25, 0.3) is 0 Å². The van der Waals surface area contributed by atoms with Crippen molar-refractivity contribution in [3.05, 3.63) is 0 Å². The Bertz CT molecular complexity index is 706. The van der Waals surface area contributed by atoms with Crippen LogP contribution < -0.4 is 0 Å². The lowest BCUT2D eigenvalue weighted by Gasteiger charge is -2.58. The maximum Gasteiger partial charge on any atom is 0.309 e. The van der Waals surface area contributed by atoms with Crippen LogP contribution in [0, 0.1) is 23.7 Å². The van der Waals surface area contributed by atoms with Crippen LogP contribution in [0.1, 0.15) is 64.7 Å². The first-order valence-corrected chi connectivity index (χ1v) is 11.5. The van der Waals surface area contributed by atoms with Crippen molar-refractivity contribution in [1.29, 1.82) is 0 Å². The van der Waals surface area contributed by atoms with Crippen molar-refractivity contribution in [3.8, 4) is 0 Å². The molecule has 0 heterocycles. The molecular formula is C19H28O7S. The lowest BCUT2D eigenvalue weighted by Crippen LogP contribution is -2.59. The molecule has 1 N–H and O–H groups in total. The van der Waals surface area contributed by atoms with E-state index in [2.05, 4.69) is 0 Å². The van der Waals surface area contributed by atoms with E-state index in [-0.39, 0.29) is 41.4 Å². The van der Waals surface area contributed by atoms with E-state index >= 15 is 0 Å². The molecule has 0 spiro atoms. The molecule has 4 bridgehead atoms. The summed E-state index contributed by atoms with van der Waals surface area (Å²) in [6.45, 7) is 1.46. The fraction of sp³-hybridized carbons (Fsp3) is 0.895. The van der Waals surface area contributed by atoms with Crippen molar-refractivity contribution in [2.24, 2.45) is 23.7 Å². The van der Waals surface area contributed by atoms with Crippen LogP contribution in [-0.4, -0.2) is 41.9 Å². The summed E-state index contributed by atoms with van der Waals surface area (Å²) in [5.74, 6) is 0.274. The molecule has 5 aliphatic carbocycles. The molecule has 2 unspecified atom stereocenters. The Morgan fingerprint density at radius 1 is 1.00 bits per heavy atom. The molecule has 7 nitrogen and oxygen atoms in total. The first-order valence-electron chi connectivity index (χ1n) is 10.0. The third-order valence-corrected chi connectivity index (χ3v) is 8.49. The van der Waals surface area contributed by atoms with Crippen LogP contribution in [0.3, 0.4) is 0 Å². The van der Waals surface area contributed by atoms with Crippen LogP contribution in [0.15, 0.2) is 0 Å². The summed E-state index contributed by atoms with van der Waals surface area (Å²) in [6, 6.07) is 0. The van der Waals surface area contributed by atoms with Crippen molar-refractivity contribution in [3.63, 3.8) is 0 Å². The highest BCUT2D eigenvalue weighted by Gasteiger charge is 2.58. The fourth-order valence-electron chi connectivity index (χ4n) is 6.35. The van der Waals surface area contributed by atoms with E-state index < -0.39 is 15.4 Å². The van der Waals surface area contributed by atoms with Crippen molar-refractivity contribution in [1.82, 2.24) is 0 Å². The van der Waals surface area contributed by atoms with E-state index in [1.54, 1.807) is 0 Å². The SMILES string of the molecule is CC(=O)OC12CC3CC(C1)C(OC(=O)C1CCC(S(=O)(=O)O)CC1)C(C3)C2. The number of hydrogen-bond acceptors (Lipinski definition) is 6. The van der Waals surface area contributed by atoms with Gasteiger partial charge in [-0.15, -0.1) is 0 Å². The lowest BCUT2D eigenvalue weighted by atomic mass is 9.53. The van der Waals surface area contributed by atoms with E-state index in [0.717, 1.165) is 32.1 Å². The molecule has 0 radical (unpaired) electrons. The number of rotatable bonds is 4. The first kappa shape index (κ1) is 19.2. The Hall–Kier alpha value is -1.15. The molecule has 5 saturated carbocycles. The van der Waals surface area contributed by atoms with Gasteiger partial charge in [0.1, 0.15) is 11.7 Å². The van der Waals surface area contributed by atoms with Gasteiger partial charge in [-0.2, -0.15) is 8.42 Å². The summed E-state index contributed by atoms with van der Waals surface area (Å²) in [7, 11) is -4.03. The molecule has 0 amide bonds. The van der Waals surface area contributed by atoms with Crippen molar-refractivity contribution < 1.29 is 32.0 Å². The summed E-state index contributed by atoms with van der Waals surface area (Å²) in [5, 5.41) is -0.758. The van der Waals surface area contributed by atoms with Crippen molar-refractivity contribution in [2.75, 3.05) is 0 Å².